The molecule has 0 atom stereocenters. The standard InChI is InChI=1S/C13H15N3O/c14-13-7-11(15-16-13)9-5-8(6-9)10-3-1-2-4-12(10)17/h1-4,7-9,17H,5-6H2,(H3,14,15,16). The van der Waals surface area contributed by atoms with E-state index in [1.54, 1.807) is 6.07 Å². The zero-order valence-corrected chi connectivity index (χ0v) is 9.43. The van der Waals surface area contributed by atoms with Gasteiger partial charge in [0.05, 0.1) is 0 Å². The third-order valence-electron chi connectivity index (χ3n) is 3.57. The maximum Gasteiger partial charge on any atom is 0.145 e. The Labute approximate surface area is 99.5 Å². The van der Waals surface area contributed by atoms with Gasteiger partial charge in [0.25, 0.3) is 0 Å². The molecule has 1 saturated carbocycles. The summed E-state index contributed by atoms with van der Waals surface area (Å²) in [5.74, 6) is 1.89. The molecule has 4 N–H and O–H groups in total. The van der Waals surface area contributed by atoms with E-state index in [-0.39, 0.29) is 0 Å². The van der Waals surface area contributed by atoms with Gasteiger partial charge in [0, 0.05) is 17.7 Å². The van der Waals surface area contributed by atoms with Gasteiger partial charge in [-0.15, -0.1) is 0 Å². The summed E-state index contributed by atoms with van der Waals surface area (Å²) in [7, 11) is 0. The van der Waals surface area contributed by atoms with Crippen molar-refractivity contribution in [3.05, 3.63) is 41.6 Å². The minimum atomic E-state index is 0.403. The van der Waals surface area contributed by atoms with Crippen molar-refractivity contribution in [2.45, 2.75) is 24.7 Å². The smallest absolute Gasteiger partial charge is 0.145 e. The number of aromatic hydroxyl groups is 1. The quantitative estimate of drug-likeness (QED) is 0.740. The zero-order chi connectivity index (χ0) is 11.8. The summed E-state index contributed by atoms with van der Waals surface area (Å²) in [4.78, 5) is 0. The highest BCUT2D eigenvalue weighted by Crippen LogP contribution is 2.49. The number of aromatic amines is 1. The summed E-state index contributed by atoms with van der Waals surface area (Å²) in [6, 6.07) is 9.46. The van der Waals surface area contributed by atoms with Gasteiger partial charge in [-0.25, -0.2) is 0 Å². The monoisotopic (exact) mass is 229 g/mol. The molecule has 1 heterocycles. The number of H-pyrrole nitrogens is 1. The second-order valence-corrected chi connectivity index (χ2v) is 4.67. The number of hydrogen-bond acceptors (Lipinski definition) is 3. The Hall–Kier alpha value is -1.97. The summed E-state index contributed by atoms with van der Waals surface area (Å²) in [6.07, 6.45) is 2.08. The van der Waals surface area contributed by atoms with Gasteiger partial charge in [-0.05, 0) is 30.4 Å². The Morgan fingerprint density at radius 2 is 2.00 bits per heavy atom. The predicted molar refractivity (Wildman–Crippen MR) is 65.8 cm³/mol. The van der Waals surface area contributed by atoms with Crippen LogP contribution in [0.4, 0.5) is 5.82 Å². The molecule has 2 aromatic rings. The van der Waals surface area contributed by atoms with Crippen LogP contribution in [0.2, 0.25) is 0 Å². The maximum absolute atomic E-state index is 9.77. The molecule has 1 aliphatic carbocycles. The fourth-order valence-corrected chi connectivity index (χ4v) is 2.52. The molecule has 0 radical (unpaired) electrons. The van der Waals surface area contributed by atoms with E-state index in [1.165, 1.54) is 0 Å². The fraction of sp³-hybridized carbons (Fsp3) is 0.308. The Bertz CT molecular complexity index is 529. The van der Waals surface area contributed by atoms with E-state index in [2.05, 4.69) is 10.2 Å². The van der Waals surface area contributed by atoms with E-state index in [4.69, 9.17) is 5.73 Å². The Balaban J connectivity index is 1.71. The van der Waals surface area contributed by atoms with E-state index in [0.29, 0.717) is 23.4 Å². The van der Waals surface area contributed by atoms with Crippen molar-refractivity contribution >= 4 is 5.82 Å². The Kier molecular flexibility index (Phi) is 2.28. The first-order valence-electron chi connectivity index (χ1n) is 5.82. The lowest BCUT2D eigenvalue weighted by Crippen LogP contribution is -2.20. The Morgan fingerprint density at radius 3 is 2.65 bits per heavy atom. The van der Waals surface area contributed by atoms with Crippen LogP contribution in [0.5, 0.6) is 5.75 Å². The number of nitrogens with zero attached hydrogens (tertiary/aromatic N) is 1. The van der Waals surface area contributed by atoms with Crippen LogP contribution in [-0.4, -0.2) is 15.3 Å². The second kappa shape index (κ2) is 3.80. The van der Waals surface area contributed by atoms with Crippen LogP contribution in [0.3, 0.4) is 0 Å². The van der Waals surface area contributed by atoms with Crippen LogP contribution in [-0.2, 0) is 0 Å². The van der Waals surface area contributed by atoms with Crippen LogP contribution >= 0.6 is 0 Å². The number of nitrogens with two attached hydrogens (primary N) is 1. The number of nitrogens with one attached hydrogen (secondary N) is 1. The first-order valence-corrected chi connectivity index (χ1v) is 5.82. The number of rotatable bonds is 2. The van der Waals surface area contributed by atoms with Gasteiger partial charge in [-0.1, -0.05) is 18.2 Å². The van der Waals surface area contributed by atoms with E-state index < -0.39 is 0 Å². The van der Waals surface area contributed by atoms with Crippen molar-refractivity contribution in [2.24, 2.45) is 0 Å². The van der Waals surface area contributed by atoms with Crippen molar-refractivity contribution in [3.8, 4) is 5.75 Å². The third-order valence-corrected chi connectivity index (χ3v) is 3.57. The van der Waals surface area contributed by atoms with Gasteiger partial charge in [0.2, 0.25) is 0 Å². The van der Waals surface area contributed by atoms with E-state index >= 15 is 0 Å². The molecule has 17 heavy (non-hydrogen) atoms. The predicted octanol–water partition coefficient (Wildman–Crippen LogP) is 2.36. The minimum absolute atomic E-state index is 0.403. The summed E-state index contributed by atoms with van der Waals surface area (Å²) in [6.45, 7) is 0. The molecule has 0 unspecified atom stereocenters. The van der Waals surface area contributed by atoms with Crippen LogP contribution < -0.4 is 5.73 Å². The average molecular weight is 229 g/mol. The molecule has 0 spiro atoms. The average Bonchev–Trinajstić information content (AvgIpc) is 2.66. The van der Waals surface area contributed by atoms with E-state index in [1.807, 2.05) is 24.3 Å². The molecule has 1 aliphatic rings. The normalized spacial score (nSPS) is 23.3. The molecule has 4 nitrogen and oxygen atoms in total. The number of phenolic OH excluding ortho intramolecular Hbond substituents is 1. The van der Waals surface area contributed by atoms with Gasteiger partial charge < -0.3 is 10.8 Å². The Morgan fingerprint density at radius 1 is 1.24 bits per heavy atom. The fourth-order valence-electron chi connectivity index (χ4n) is 2.52. The highest BCUT2D eigenvalue weighted by atomic mass is 16.3. The van der Waals surface area contributed by atoms with Crippen molar-refractivity contribution in [2.75, 3.05) is 5.73 Å². The minimum Gasteiger partial charge on any atom is -0.508 e. The zero-order valence-electron chi connectivity index (χ0n) is 9.43. The number of hydrogen-bond donors (Lipinski definition) is 3. The maximum atomic E-state index is 9.77. The number of anilines is 1. The topological polar surface area (TPSA) is 74.9 Å². The molecule has 3 rings (SSSR count). The van der Waals surface area contributed by atoms with Crippen LogP contribution in [0.25, 0.3) is 0 Å². The summed E-state index contributed by atoms with van der Waals surface area (Å²) in [5, 5.41) is 16.7. The summed E-state index contributed by atoms with van der Waals surface area (Å²) in [5.41, 5.74) is 7.74. The molecule has 0 saturated heterocycles. The lowest BCUT2D eigenvalue weighted by Gasteiger charge is -2.35. The van der Waals surface area contributed by atoms with Crippen LogP contribution in [0, 0.1) is 0 Å². The third kappa shape index (κ3) is 1.75. The molecule has 0 amide bonds. The molecule has 1 aromatic heterocycles. The van der Waals surface area contributed by atoms with Gasteiger partial charge in [0.15, 0.2) is 0 Å². The SMILES string of the molecule is Nc1cc(C2CC(c3ccccc3O)C2)[nH]n1. The number of para-hydroxylation sites is 1. The highest BCUT2D eigenvalue weighted by Gasteiger charge is 2.33. The molecular formula is C13H15N3O. The van der Waals surface area contributed by atoms with Gasteiger partial charge in [0.1, 0.15) is 11.6 Å². The van der Waals surface area contributed by atoms with Crippen molar-refractivity contribution < 1.29 is 5.11 Å². The van der Waals surface area contributed by atoms with Crippen molar-refractivity contribution in [3.63, 3.8) is 0 Å². The lowest BCUT2D eigenvalue weighted by molar-refractivity contribution is 0.333. The lowest BCUT2D eigenvalue weighted by atomic mass is 9.70. The largest absolute Gasteiger partial charge is 0.508 e. The van der Waals surface area contributed by atoms with E-state index in [9.17, 15) is 5.11 Å². The second-order valence-electron chi connectivity index (χ2n) is 4.67. The molecular weight excluding hydrogens is 214 g/mol. The number of nitrogen functional groups attached to an aromatic ring is 1. The van der Waals surface area contributed by atoms with Gasteiger partial charge >= 0.3 is 0 Å². The summed E-state index contributed by atoms with van der Waals surface area (Å²) >= 11 is 0. The van der Waals surface area contributed by atoms with Crippen molar-refractivity contribution in [1.82, 2.24) is 10.2 Å². The van der Waals surface area contributed by atoms with Crippen LogP contribution in [0.1, 0.15) is 35.9 Å². The first-order chi connectivity index (χ1) is 8.24. The molecule has 1 fully saturated rings. The van der Waals surface area contributed by atoms with Crippen molar-refractivity contribution in [1.29, 1.82) is 0 Å². The molecule has 88 valence electrons. The molecule has 0 bridgehead atoms. The summed E-state index contributed by atoms with van der Waals surface area (Å²) < 4.78 is 0. The molecule has 4 heteroatoms. The number of benzene rings is 1. The first kappa shape index (κ1) is 10.2. The van der Waals surface area contributed by atoms with Crippen LogP contribution in [0.15, 0.2) is 30.3 Å². The number of phenols is 1. The molecule has 0 aliphatic heterocycles. The number of aromatic nitrogens is 2. The van der Waals surface area contributed by atoms with E-state index in [0.717, 1.165) is 24.1 Å². The van der Waals surface area contributed by atoms with Gasteiger partial charge in [-0.3, -0.25) is 5.10 Å². The molecule has 1 aromatic carbocycles. The highest BCUT2D eigenvalue weighted by molar-refractivity contribution is 5.38. The van der Waals surface area contributed by atoms with Gasteiger partial charge in [-0.2, -0.15) is 5.10 Å².